The Morgan fingerprint density at radius 1 is 1.22 bits per heavy atom. The number of halogens is 4. The summed E-state index contributed by atoms with van der Waals surface area (Å²) in [6, 6.07) is 8.14. The number of alkyl halides is 3. The first-order valence-electron chi connectivity index (χ1n) is 8.48. The quantitative estimate of drug-likeness (QED) is 0.225. The number of nitrogens with zero attached hydrogens (tertiary/aromatic N) is 4. The molecule has 0 amide bonds. The lowest BCUT2D eigenvalue weighted by atomic mass is 10.3. The molecule has 0 radical (unpaired) electrons. The molecule has 0 aliphatic rings. The first-order chi connectivity index (χ1) is 12.9. The van der Waals surface area contributed by atoms with Crippen molar-refractivity contribution in [3.8, 4) is 0 Å². The summed E-state index contributed by atoms with van der Waals surface area (Å²) in [7, 11) is 0. The minimum Gasteiger partial charge on any atom is -0.394 e. The molecule has 0 aliphatic heterocycles. The summed E-state index contributed by atoms with van der Waals surface area (Å²) in [5.74, 6) is -1.33. The Morgan fingerprint density at radius 2 is 2.04 bits per heavy atom. The third kappa shape index (κ3) is 7.05. The SMILES string of the molecule is CCCCCON=C(N=c1ccccn1Cc1ccc(Cl)nc1)C(F)(F)F. The largest absolute Gasteiger partial charge is 0.455 e. The second kappa shape index (κ2) is 10.1. The van der Waals surface area contributed by atoms with Gasteiger partial charge < -0.3 is 9.40 Å². The van der Waals surface area contributed by atoms with Gasteiger partial charge in [0.15, 0.2) is 0 Å². The van der Waals surface area contributed by atoms with Crippen molar-refractivity contribution in [2.75, 3.05) is 6.61 Å². The summed E-state index contributed by atoms with van der Waals surface area (Å²) in [5.41, 5.74) is 0.869. The molecule has 5 nitrogen and oxygen atoms in total. The van der Waals surface area contributed by atoms with Gasteiger partial charge in [-0.05, 0) is 30.2 Å². The van der Waals surface area contributed by atoms with Gasteiger partial charge in [-0.1, -0.05) is 48.7 Å². The number of rotatable bonds is 7. The normalized spacial score (nSPS) is 13.1. The van der Waals surface area contributed by atoms with E-state index >= 15 is 0 Å². The number of hydrogen-bond acceptors (Lipinski definition) is 3. The van der Waals surface area contributed by atoms with Crippen molar-refractivity contribution in [3.05, 3.63) is 58.9 Å². The average molecular weight is 401 g/mol. The maximum atomic E-state index is 13.2. The Labute approximate surface area is 160 Å². The van der Waals surface area contributed by atoms with Crippen molar-refractivity contribution in [1.29, 1.82) is 0 Å². The van der Waals surface area contributed by atoms with E-state index in [1.165, 1.54) is 6.07 Å². The fourth-order valence-corrected chi connectivity index (χ4v) is 2.28. The van der Waals surface area contributed by atoms with Gasteiger partial charge >= 0.3 is 6.18 Å². The van der Waals surface area contributed by atoms with Crippen LogP contribution in [0.1, 0.15) is 31.7 Å². The van der Waals surface area contributed by atoms with Crippen LogP contribution in [-0.4, -0.2) is 28.2 Å². The van der Waals surface area contributed by atoms with Crippen LogP contribution in [-0.2, 0) is 11.4 Å². The van der Waals surface area contributed by atoms with Crippen LogP contribution in [0.5, 0.6) is 0 Å². The van der Waals surface area contributed by atoms with Crippen LogP contribution in [0.15, 0.2) is 52.9 Å². The standard InChI is InChI=1S/C18H20ClF3N4O/c1-2-3-6-11-27-25-17(18(20,21)22)24-16-7-4-5-10-26(16)13-14-8-9-15(19)23-12-14/h4-5,7-10,12H,2-3,6,11,13H2,1H3. The third-order valence-corrected chi connectivity index (χ3v) is 3.75. The summed E-state index contributed by atoms with van der Waals surface area (Å²) in [5, 5.41) is 3.54. The monoisotopic (exact) mass is 400 g/mol. The van der Waals surface area contributed by atoms with Crippen LogP contribution in [0.3, 0.4) is 0 Å². The minimum absolute atomic E-state index is 0.0979. The predicted molar refractivity (Wildman–Crippen MR) is 97.3 cm³/mol. The van der Waals surface area contributed by atoms with Crippen LogP contribution in [0, 0.1) is 0 Å². The molecule has 0 atom stereocenters. The van der Waals surface area contributed by atoms with E-state index in [0.29, 0.717) is 11.6 Å². The van der Waals surface area contributed by atoms with E-state index < -0.39 is 12.0 Å². The minimum atomic E-state index is -4.72. The fraction of sp³-hybridized carbons (Fsp3) is 0.389. The van der Waals surface area contributed by atoms with E-state index in [2.05, 4.69) is 15.1 Å². The number of pyridine rings is 2. The Balaban J connectivity index is 2.28. The second-order valence-electron chi connectivity index (χ2n) is 5.74. The van der Waals surface area contributed by atoms with Crippen molar-refractivity contribution >= 4 is 17.4 Å². The maximum Gasteiger partial charge on any atom is 0.455 e. The van der Waals surface area contributed by atoms with Crippen molar-refractivity contribution < 1.29 is 18.0 Å². The smallest absolute Gasteiger partial charge is 0.394 e. The maximum absolute atomic E-state index is 13.2. The number of unbranched alkanes of at least 4 members (excludes halogenated alkanes) is 2. The Hall–Kier alpha value is -2.35. The lowest BCUT2D eigenvalue weighted by molar-refractivity contribution is -0.0635. The summed E-state index contributed by atoms with van der Waals surface area (Å²) in [6.45, 7) is 2.39. The third-order valence-electron chi connectivity index (χ3n) is 3.52. The average Bonchev–Trinajstić information content (AvgIpc) is 2.63. The Kier molecular flexibility index (Phi) is 7.84. The molecule has 0 saturated heterocycles. The highest BCUT2D eigenvalue weighted by molar-refractivity contribution is 6.29. The van der Waals surface area contributed by atoms with Crippen molar-refractivity contribution in [2.24, 2.45) is 10.1 Å². The zero-order chi connectivity index (χ0) is 19.7. The molecule has 0 saturated carbocycles. The number of hydrogen-bond donors (Lipinski definition) is 0. The van der Waals surface area contributed by atoms with Crippen molar-refractivity contribution in [3.63, 3.8) is 0 Å². The summed E-state index contributed by atoms with van der Waals surface area (Å²) >= 11 is 5.75. The van der Waals surface area contributed by atoms with Crippen LogP contribution < -0.4 is 5.49 Å². The molecule has 0 unspecified atom stereocenters. The van der Waals surface area contributed by atoms with E-state index in [4.69, 9.17) is 16.4 Å². The topological polar surface area (TPSA) is 51.8 Å². The van der Waals surface area contributed by atoms with Crippen LogP contribution in [0.2, 0.25) is 5.15 Å². The molecule has 0 fully saturated rings. The highest BCUT2D eigenvalue weighted by Gasteiger charge is 2.37. The van der Waals surface area contributed by atoms with Gasteiger partial charge in [0.1, 0.15) is 17.2 Å². The molecular weight excluding hydrogens is 381 g/mol. The molecule has 2 aromatic rings. The van der Waals surface area contributed by atoms with Crippen molar-refractivity contribution in [1.82, 2.24) is 9.55 Å². The van der Waals surface area contributed by atoms with Crippen LogP contribution in [0.25, 0.3) is 0 Å². The van der Waals surface area contributed by atoms with Gasteiger partial charge in [-0.2, -0.15) is 13.2 Å². The fourth-order valence-electron chi connectivity index (χ4n) is 2.17. The lowest BCUT2D eigenvalue weighted by Gasteiger charge is -2.09. The molecular formula is C18H20ClF3N4O. The molecule has 146 valence electrons. The number of amidine groups is 1. The zero-order valence-electron chi connectivity index (χ0n) is 14.8. The molecule has 2 aromatic heterocycles. The van der Waals surface area contributed by atoms with E-state index in [0.717, 1.165) is 18.4 Å². The van der Waals surface area contributed by atoms with Gasteiger partial charge in [0.25, 0.3) is 5.84 Å². The molecule has 0 bridgehead atoms. The van der Waals surface area contributed by atoms with Gasteiger partial charge in [0, 0.05) is 12.4 Å². The van der Waals surface area contributed by atoms with E-state index in [1.807, 2.05) is 6.92 Å². The van der Waals surface area contributed by atoms with Crippen LogP contribution >= 0.6 is 11.6 Å². The molecule has 0 N–H and O–H groups in total. The first kappa shape index (κ1) is 21.0. The van der Waals surface area contributed by atoms with Crippen LogP contribution in [0.4, 0.5) is 13.2 Å². The molecule has 9 heteroatoms. The lowest BCUT2D eigenvalue weighted by Crippen LogP contribution is -2.28. The zero-order valence-corrected chi connectivity index (χ0v) is 15.5. The summed E-state index contributed by atoms with van der Waals surface area (Å²) < 4.78 is 41.3. The number of oxime groups is 1. The van der Waals surface area contributed by atoms with E-state index in [-0.39, 0.29) is 18.6 Å². The predicted octanol–water partition coefficient (Wildman–Crippen LogP) is 4.57. The molecule has 0 spiro atoms. The number of aromatic nitrogens is 2. The van der Waals surface area contributed by atoms with Gasteiger partial charge in [-0.15, -0.1) is 0 Å². The Bertz CT molecular complexity index is 816. The van der Waals surface area contributed by atoms with E-state index in [9.17, 15) is 13.2 Å². The van der Waals surface area contributed by atoms with Gasteiger partial charge in [0.05, 0.1) is 6.54 Å². The molecule has 0 aromatic carbocycles. The van der Waals surface area contributed by atoms with Crippen molar-refractivity contribution in [2.45, 2.75) is 38.9 Å². The van der Waals surface area contributed by atoms with Gasteiger partial charge in [-0.3, -0.25) is 0 Å². The Morgan fingerprint density at radius 3 is 2.70 bits per heavy atom. The molecule has 0 aliphatic carbocycles. The van der Waals surface area contributed by atoms with Gasteiger partial charge in [-0.25, -0.2) is 9.98 Å². The second-order valence-corrected chi connectivity index (χ2v) is 6.13. The molecule has 2 heterocycles. The summed E-state index contributed by atoms with van der Waals surface area (Å²) in [6.07, 6.45) is 0.903. The highest BCUT2D eigenvalue weighted by Crippen LogP contribution is 2.18. The highest BCUT2D eigenvalue weighted by atomic mass is 35.5. The van der Waals surface area contributed by atoms with Gasteiger partial charge in [0.2, 0.25) is 0 Å². The first-order valence-corrected chi connectivity index (χ1v) is 8.85. The summed E-state index contributed by atoms with van der Waals surface area (Å²) in [4.78, 5) is 12.5. The van der Waals surface area contributed by atoms with E-state index in [1.54, 1.807) is 41.2 Å². The molecule has 2 rings (SSSR count). The molecule has 27 heavy (non-hydrogen) atoms.